The lowest BCUT2D eigenvalue weighted by molar-refractivity contribution is -0.136. The van der Waals surface area contributed by atoms with Gasteiger partial charge in [0, 0.05) is 5.56 Å². The summed E-state index contributed by atoms with van der Waals surface area (Å²) in [6, 6.07) is 4.65. The maximum Gasteiger partial charge on any atom is 0.314 e. The molecule has 2 heterocycles. The van der Waals surface area contributed by atoms with Crippen molar-refractivity contribution < 1.29 is 27.5 Å². The fraction of sp³-hybridized carbons (Fsp3) is 0.353. The van der Waals surface area contributed by atoms with Crippen LogP contribution < -0.4 is 10.6 Å². The third-order valence-corrected chi connectivity index (χ3v) is 5.79. The highest BCUT2D eigenvalue weighted by Crippen LogP contribution is 2.32. The number of rotatable bonds is 5. The van der Waals surface area contributed by atoms with Crippen molar-refractivity contribution in [1.82, 2.24) is 15.1 Å². The summed E-state index contributed by atoms with van der Waals surface area (Å²) in [5.74, 6) is -3.03. The Balaban J connectivity index is 1.94. The molecule has 9 nitrogen and oxygen atoms in total. The minimum Gasteiger partial charge on any atom is -0.394 e. The van der Waals surface area contributed by atoms with Crippen molar-refractivity contribution in [3.63, 3.8) is 0 Å². The number of aliphatic hydroxyl groups is 1. The number of amides is 2. The first kappa shape index (κ1) is 20.0. The molecule has 1 aliphatic heterocycles. The van der Waals surface area contributed by atoms with E-state index in [1.165, 1.54) is 28.9 Å². The Bertz CT molecular complexity index is 1010. The molecule has 0 aliphatic carbocycles. The molecule has 0 unspecified atom stereocenters. The van der Waals surface area contributed by atoms with Crippen LogP contribution in [-0.2, 0) is 30.9 Å². The van der Waals surface area contributed by atoms with Gasteiger partial charge in [-0.15, -0.1) is 0 Å². The standard InChI is InChI=1S/C17H19FN4O5S/c1-2-11(7-23)19-16(24)17(25)20-15-13-8-28(26,27)9-14(13)21-22(15)12-5-3-10(18)4-6-12/h3-6,11,23H,2,7-9H2,1H3,(H,19,24)(H,20,25)/t11-/m1/s1. The number of sulfone groups is 1. The first-order valence-electron chi connectivity index (χ1n) is 8.54. The normalized spacial score (nSPS) is 15.7. The number of halogens is 1. The predicted molar refractivity (Wildman–Crippen MR) is 97.8 cm³/mol. The number of hydrogen-bond acceptors (Lipinski definition) is 6. The number of aliphatic hydroxyl groups excluding tert-OH is 1. The van der Waals surface area contributed by atoms with Crippen molar-refractivity contribution in [2.45, 2.75) is 30.9 Å². The second-order valence-corrected chi connectivity index (χ2v) is 8.47. The second kappa shape index (κ2) is 7.68. The highest BCUT2D eigenvalue weighted by molar-refractivity contribution is 7.90. The molecule has 1 aromatic carbocycles. The third-order valence-electron chi connectivity index (χ3n) is 4.35. The molecule has 0 fully saturated rings. The number of nitrogens with one attached hydrogen (secondary N) is 2. The van der Waals surface area contributed by atoms with Gasteiger partial charge >= 0.3 is 11.8 Å². The number of benzene rings is 1. The first-order chi connectivity index (χ1) is 13.2. The SMILES string of the molecule is CC[C@H](CO)NC(=O)C(=O)Nc1c2c(nn1-c1ccc(F)cc1)CS(=O)(=O)C2. The third kappa shape index (κ3) is 4.04. The topological polar surface area (TPSA) is 130 Å². The van der Waals surface area contributed by atoms with Crippen LogP contribution in [0.2, 0.25) is 0 Å². The summed E-state index contributed by atoms with van der Waals surface area (Å²) < 4.78 is 38.3. The molecule has 2 amide bonds. The average molecular weight is 410 g/mol. The van der Waals surface area contributed by atoms with Crippen LogP contribution in [0.5, 0.6) is 0 Å². The minimum atomic E-state index is -3.39. The van der Waals surface area contributed by atoms with E-state index in [9.17, 15) is 22.4 Å². The van der Waals surface area contributed by atoms with Crippen molar-refractivity contribution in [1.29, 1.82) is 0 Å². The predicted octanol–water partition coefficient (Wildman–Crippen LogP) is 0.265. The molecule has 1 aliphatic rings. The van der Waals surface area contributed by atoms with Crippen LogP contribution in [0.3, 0.4) is 0 Å². The summed E-state index contributed by atoms with van der Waals surface area (Å²) in [5, 5.41) is 18.2. The van der Waals surface area contributed by atoms with E-state index in [1.54, 1.807) is 6.92 Å². The van der Waals surface area contributed by atoms with Gasteiger partial charge < -0.3 is 15.7 Å². The van der Waals surface area contributed by atoms with E-state index in [-0.39, 0.29) is 29.6 Å². The molecule has 0 saturated heterocycles. The Labute approximate surface area is 160 Å². The van der Waals surface area contributed by atoms with E-state index in [0.29, 0.717) is 17.7 Å². The maximum absolute atomic E-state index is 13.2. The van der Waals surface area contributed by atoms with Gasteiger partial charge in [-0.2, -0.15) is 5.10 Å². The van der Waals surface area contributed by atoms with Crippen molar-refractivity contribution in [2.24, 2.45) is 0 Å². The molecule has 3 N–H and O–H groups in total. The summed E-state index contributed by atoms with van der Waals surface area (Å²) in [6.07, 6.45) is 0.427. The van der Waals surface area contributed by atoms with Crippen LogP contribution in [0, 0.1) is 5.82 Å². The Morgan fingerprint density at radius 1 is 1.25 bits per heavy atom. The van der Waals surface area contributed by atoms with Gasteiger partial charge in [0.2, 0.25) is 0 Å². The molecular weight excluding hydrogens is 391 g/mol. The van der Waals surface area contributed by atoms with Crippen LogP contribution in [0.25, 0.3) is 5.69 Å². The Morgan fingerprint density at radius 3 is 2.54 bits per heavy atom. The molecular formula is C17H19FN4O5S. The maximum atomic E-state index is 13.2. The summed E-state index contributed by atoms with van der Waals surface area (Å²) in [7, 11) is -3.39. The zero-order valence-corrected chi connectivity index (χ0v) is 15.8. The number of fused-ring (bicyclic) bond motifs is 1. The minimum absolute atomic E-state index is 0.0416. The molecule has 1 aromatic heterocycles. The lowest BCUT2D eigenvalue weighted by atomic mass is 10.2. The first-order valence-corrected chi connectivity index (χ1v) is 10.4. The number of aromatic nitrogens is 2. The highest BCUT2D eigenvalue weighted by atomic mass is 32.2. The highest BCUT2D eigenvalue weighted by Gasteiger charge is 2.34. The number of nitrogens with zero attached hydrogens (tertiary/aromatic N) is 2. The van der Waals surface area contributed by atoms with Gasteiger partial charge in [-0.3, -0.25) is 9.59 Å². The van der Waals surface area contributed by atoms with Crippen molar-refractivity contribution in [3.05, 3.63) is 41.3 Å². The van der Waals surface area contributed by atoms with Crippen LogP contribution in [0.15, 0.2) is 24.3 Å². The average Bonchev–Trinajstić information content (AvgIpc) is 3.12. The van der Waals surface area contributed by atoms with Gasteiger partial charge in [-0.05, 0) is 30.7 Å². The molecule has 0 saturated carbocycles. The molecule has 11 heteroatoms. The number of anilines is 1. The van der Waals surface area contributed by atoms with Crippen LogP contribution in [-0.4, -0.2) is 47.8 Å². The Morgan fingerprint density at radius 2 is 1.93 bits per heavy atom. The summed E-state index contributed by atoms with van der Waals surface area (Å²) in [4.78, 5) is 24.4. The fourth-order valence-corrected chi connectivity index (χ4v) is 4.33. The molecule has 3 rings (SSSR count). The van der Waals surface area contributed by atoms with Crippen LogP contribution in [0.4, 0.5) is 10.2 Å². The molecule has 0 radical (unpaired) electrons. The molecule has 1 atom stereocenters. The van der Waals surface area contributed by atoms with Crippen LogP contribution in [0.1, 0.15) is 24.6 Å². The Kier molecular flexibility index (Phi) is 5.47. The number of carbonyl (C=O) groups excluding carboxylic acids is 2. The smallest absolute Gasteiger partial charge is 0.314 e. The van der Waals surface area contributed by atoms with Gasteiger partial charge in [-0.1, -0.05) is 6.92 Å². The fourth-order valence-electron chi connectivity index (χ4n) is 2.83. The zero-order chi connectivity index (χ0) is 20.5. The van der Waals surface area contributed by atoms with Gasteiger partial charge in [0.1, 0.15) is 11.6 Å². The number of hydrogen-bond donors (Lipinski definition) is 3. The largest absolute Gasteiger partial charge is 0.394 e. The lowest BCUT2D eigenvalue weighted by Gasteiger charge is -2.14. The quantitative estimate of drug-likeness (QED) is 0.607. The van der Waals surface area contributed by atoms with E-state index >= 15 is 0 Å². The molecule has 2 aromatic rings. The van der Waals surface area contributed by atoms with Crippen molar-refractivity contribution in [3.8, 4) is 5.69 Å². The molecule has 0 bridgehead atoms. The summed E-state index contributed by atoms with van der Waals surface area (Å²) in [5.41, 5.74) is 0.951. The van der Waals surface area contributed by atoms with Gasteiger partial charge in [0.15, 0.2) is 9.84 Å². The van der Waals surface area contributed by atoms with Crippen LogP contribution >= 0.6 is 0 Å². The van der Waals surface area contributed by atoms with E-state index in [0.717, 1.165) is 0 Å². The van der Waals surface area contributed by atoms with Gasteiger partial charge in [0.05, 0.1) is 35.5 Å². The zero-order valence-electron chi connectivity index (χ0n) is 15.0. The van der Waals surface area contributed by atoms with Crippen molar-refractivity contribution in [2.75, 3.05) is 11.9 Å². The van der Waals surface area contributed by atoms with E-state index < -0.39 is 33.5 Å². The summed E-state index contributed by atoms with van der Waals surface area (Å²) >= 11 is 0. The van der Waals surface area contributed by atoms with E-state index in [2.05, 4.69) is 15.7 Å². The van der Waals surface area contributed by atoms with Crippen molar-refractivity contribution >= 4 is 27.5 Å². The second-order valence-electron chi connectivity index (χ2n) is 6.41. The van der Waals surface area contributed by atoms with Gasteiger partial charge in [-0.25, -0.2) is 17.5 Å². The lowest BCUT2D eigenvalue weighted by Crippen LogP contribution is -2.43. The molecule has 0 spiro atoms. The van der Waals surface area contributed by atoms with E-state index in [4.69, 9.17) is 5.11 Å². The molecule has 150 valence electrons. The Hall–Kier alpha value is -2.79. The van der Waals surface area contributed by atoms with Gasteiger partial charge in [0.25, 0.3) is 0 Å². The molecule has 28 heavy (non-hydrogen) atoms. The number of carbonyl (C=O) groups is 2. The monoisotopic (exact) mass is 410 g/mol. The summed E-state index contributed by atoms with van der Waals surface area (Å²) in [6.45, 7) is 1.41. The van der Waals surface area contributed by atoms with E-state index in [1.807, 2.05) is 0 Å².